The molecule has 0 bridgehead atoms. The zero-order chi connectivity index (χ0) is 19.2. The molecule has 0 aromatic heterocycles. The van der Waals surface area contributed by atoms with Gasteiger partial charge in [0.05, 0.1) is 12.0 Å². The Morgan fingerprint density at radius 1 is 1.07 bits per heavy atom. The van der Waals surface area contributed by atoms with Gasteiger partial charge in [0.1, 0.15) is 11.6 Å². The minimum atomic E-state index is -0.643. The molecule has 27 heavy (non-hydrogen) atoms. The minimum absolute atomic E-state index is 0.00605. The van der Waals surface area contributed by atoms with Crippen LogP contribution in [0.15, 0.2) is 18.2 Å². The maximum atomic E-state index is 13.4. The van der Waals surface area contributed by atoms with Crippen LogP contribution in [-0.4, -0.2) is 53.0 Å². The monoisotopic (exact) mass is 378 g/mol. The van der Waals surface area contributed by atoms with Crippen LogP contribution in [0, 0.1) is 22.5 Å². The Kier molecular flexibility index (Phi) is 4.45. The zero-order valence-corrected chi connectivity index (χ0v) is 15.2. The Balaban J connectivity index is 1.38. The first kappa shape index (κ1) is 18.3. The van der Waals surface area contributed by atoms with Crippen LogP contribution in [-0.2, 0) is 16.1 Å². The first-order valence-corrected chi connectivity index (χ1v) is 9.48. The minimum Gasteiger partial charge on any atom is -0.395 e. The molecule has 4 rings (SSSR count). The molecule has 1 spiro atoms. The van der Waals surface area contributed by atoms with E-state index in [1.807, 2.05) is 4.90 Å². The van der Waals surface area contributed by atoms with Crippen molar-refractivity contribution in [3.05, 3.63) is 35.4 Å². The summed E-state index contributed by atoms with van der Waals surface area (Å²) in [6, 6.07) is 3.34. The van der Waals surface area contributed by atoms with Gasteiger partial charge in [-0.05, 0) is 43.4 Å². The number of halogens is 2. The number of hydrogen-bond donors (Lipinski definition) is 1. The van der Waals surface area contributed by atoms with E-state index >= 15 is 0 Å². The number of amides is 2. The summed E-state index contributed by atoms with van der Waals surface area (Å²) in [7, 11) is 0. The van der Waals surface area contributed by atoms with E-state index in [9.17, 15) is 23.5 Å². The summed E-state index contributed by atoms with van der Waals surface area (Å²) >= 11 is 0. The molecule has 1 aliphatic carbocycles. The fourth-order valence-corrected chi connectivity index (χ4v) is 4.49. The topological polar surface area (TPSA) is 60.9 Å². The summed E-state index contributed by atoms with van der Waals surface area (Å²) in [5.74, 6) is -1.25. The molecule has 0 unspecified atom stereocenters. The predicted molar refractivity (Wildman–Crippen MR) is 93.4 cm³/mol. The van der Waals surface area contributed by atoms with E-state index in [1.54, 1.807) is 4.90 Å². The summed E-state index contributed by atoms with van der Waals surface area (Å²) in [4.78, 5) is 28.5. The third-order valence-corrected chi connectivity index (χ3v) is 6.42. The maximum absolute atomic E-state index is 13.4. The Hall–Kier alpha value is -2.02. The van der Waals surface area contributed by atoms with Crippen LogP contribution < -0.4 is 0 Å². The molecule has 0 radical (unpaired) electrons. The van der Waals surface area contributed by atoms with E-state index in [2.05, 4.69) is 0 Å². The maximum Gasteiger partial charge on any atom is 0.231 e. The number of carbonyl (C=O) groups is 2. The highest BCUT2D eigenvalue weighted by atomic mass is 19.1. The highest BCUT2D eigenvalue weighted by Crippen LogP contribution is 2.48. The molecule has 2 saturated heterocycles. The first-order valence-electron chi connectivity index (χ1n) is 9.48. The van der Waals surface area contributed by atoms with Crippen LogP contribution in [0.2, 0.25) is 0 Å². The van der Waals surface area contributed by atoms with Crippen molar-refractivity contribution >= 4 is 11.8 Å². The van der Waals surface area contributed by atoms with Gasteiger partial charge in [0, 0.05) is 44.1 Å². The smallest absolute Gasteiger partial charge is 0.231 e. The highest BCUT2D eigenvalue weighted by molar-refractivity contribution is 5.85. The second-order valence-electron chi connectivity index (χ2n) is 8.43. The van der Waals surface area contributed by atoms with Crippen LogP contribution in [0.25, 0.3) is 0 Å². The number of benzene rings is 1. The van der Waals surface area contributed by atoms with Crippen molar-refractivity contribution in [1.29, 1.82) is 0 Å². The van der Waals surface area contributed by atoms with Crippen LogP contribution in [0.1, 0.15) is 37.7 Å². The van der Waals surface area contributed by atoms with Gasteiger partial charge in [-0.3, -0.25) is 9.59 Å². The van der Waals surface area contributed by atoms with E-state index in [4.69, 9.17) is 0 Å². The van der Waals surface area contributed by atoms with Crippen LogP contribution in [0.5, 0.6) is 0 Å². The Morgan fingerprint density at radius 2 is 1.70 bits per heavy atom. The van der Waals surface area contributed by atoms with Gasteiger partial charge in [-0.1, -0.05) is 0 Å². The molecule has 1 aromatic carbocycles. The molecule has 0 atom stereocenters. The molecule has 1 N–H and O–H groups in total. The highest BCUT2D eigenvalue weighted by Gasteiger charge is 2.53. The standard InChI is InChI=1S/C20H24F2N2O3/c21-15-7-14(8-16(22)9-15)11-24-12-19(10-17(24)26)3-5-23(6-4-19)18(27)20(13-25)1-2-20/h7-9,25H,1-6,10-13H2. The van der Waals surface area contributed by atoms with E-state index in [-0.39, 0.29) is 30.4 Å². The molecule has 3 fully saturated rings. The lowest BCUT2D eigenvalue weighted by Gasteiger charge is -2.40. The number of likely N-dealkylation sites (tertiary alicyclic amines) is 2. The number of aliphatic hydroxyl groups is 1. The van der Waals surface area contributed by atoms with E-state index in [1.165, 1.54) is 12.1 Å². The predicted octanol–water partition coefficient (Wildman–Crippen LogP) is 2.08. The summed E-state index contributed by atoms with van der Waals surface area (Å²) in [5, 5.41) is 9.46. The molecule has 3 aliphatic rings. The molecule has 2 heterocycles. The van der Waals surface area contributed by atoms with Crippen LogP contribution >= 0.6 is 0 Å². The molecule has 2 amide bonds. The van der Waals surface area contributed by atoms with Gasteiger partial charge in [-0.2, -0.15) is 0 Å². The fraction of sp³-hybridized carbons (Fsp3) is 0.600. The lowest BCUT2D eigenvalue weighted by Crippen LogP contribution is -2.47. The van der Waals surface area contributed by atoms with Crippen molar-refractivity contribution < 1.29 is 23.5 Å². The van der Waals surface area contributed by atoms with Gasteiger partial charge in [-0.25, -0.2) is 8.78 Å². The number of hydrogen-bond acceptors (Lipinski definition) is 3. The third-order valence-electron chi connectivity index (χ3n) is 6.42. The van der Waals surface area contributed by atoms with Crippen LogP contribution in [0.4, 0.5) is 8.78 Å². The van der Waals surface area contributed by atoms with Gasteiger partial charge in [0.2, 0.25) is 11.8 Å². The quantitative estimate of drug-likeness (QED) is 0.873. The van der Waals surface area contributed by atoms with E-state index < -0.39 is 17.0 Å². The summed E-state index contributed by atoms with van der Waals surface area (Å²) in [5.41, 5.74) is -0.275. The number of aliphatic hydroxyl groups excluding tert-OH is 1. The fourth-order valence-electron chi connectivity index (χ4n) is 4.49. The van der Waals surface area contributed by atoms with Gasteiger partial charge >= 0.3 is 0 Å². The lowest BCUT2D eigenvalue weighted by atomic mass is 9.77. The Morgan fingerprint density at radius 3 is 2.26 bits per heavy atom. The summed E-state index contributed by atoms with van der Waals surface area (Å²) in [6.45, 7) is 1.85. The molecule has 1 saturated carbocycles. The second kappa shape index (κ2) is 6.55. The number of rotatable bonds is 4. The first-order chi connectivity index (χ1) is 12.8. The van der Waals surface area contributed by atoms with E-state index in [0.29, 0.717) is 31.6 Å². The Bertz CT molecular complexity index is 750. The van der Waals surface area contributed by atoms with E-state index in [0.717, 1.165) is 31.7 Å². The summed E-state index contributed by atoms with van der Waals surface area (Å²) in [6.07, 6.45) is 3.39. The van der Waals surface area contributed by atoms with Gasteiger partial charge in [0.15, 0.2) is 0 Å². The Labute approximate surface area is 156 Å². The average molecular weight is 378 g/mol. The van der Waals surface area contributed by atoms with Crippen molar-refractivity contribution in [2.24, 2.45) is 10.8 Å². The van der Waals surface area contributed by atoms with Gasteiger partial charge in [0.25, 0.3) is 0 Å². The molecule has 146 valence electrons. The molecular weight excluding hydrogens is 354 g/mol. The molecule has 2 aliphatic heterocycles. The van der Waals surface area contributed by atoms with Crippen molar-refractivity contribution in [3.8, 4) is 0 Å². The largest absolute Gasteiger partial charge is 0.395 e. The molecular formula is C20H24F2N2O3. The van der Waals surface area contributed by atoms with Crippen molar-refractivity contribution in [1.82, 2.24) is 9.80 Å². The van der Waals surface area contributed by atoms with Gasteiger partial charge < -0.3 is 14.9 Å². The van der Waals surface area contributed by atoms with Gasteiger partial charge in [-0.15, -0.1) is 0 Å². The normalized spacial score (nSPS) is 23.1. The molecule has 5 nitrogen and oxygen atoms in total. The van der Waals surface area contributed by atoms with Crippen molar-refractivity contribution in [2.45, 2.75) is 38.6 Å². The van der Waals surface area contributed by atoms with Crippen LogP contribution in [0.3, 0.4) is 0 Å². The second-order valence-corrected chi connectivity index (χ2v) is 8.43. The molecule has 1 aromatic rings. The lowest BCUT2D eigenvalue weighted by molar-refractivity contribution is -0.140. The van der Waals surface area contributed by atoms with Crippen molar-refractivity contribution in [2.75, 3.05) is 26.2 Å². The average Bonchev–Trinajstić information content (AvgIpc) is 3.36. The SMILES string of the molecule is O=C1CC2(CCN(C(=O)C3(CO)CC3)CC2)CN1Cc1cc(F)cc(F)c1. The molecule has 7 heteroatoms. The van der Waals surface area contributed by atoms with Crippen molar-refractivity contribution in [3.63, 3.8) is 0 Å². The third kappa shape index (κ3) is 3.45. The number of carbonyl (C=O) groups excluding carboxylic acids is 2. The number of piperidine rings is 1. The summed E-state index contributed by atoms with van der Waals surface area (Å²) < 4.78 is 26.8. The number of nitrogens with zero attached hydrogens (tertiary/aromatic N) is 2. The zero-order valence-electron chi connectivity index (χ0n) is 15.2.